The predicted molar refractivity (Wildman–Crippen MR) is 85.7 cm³/mol. The maximum absolute atomic E-state index is 10.3. The van der Waals surface area contributed by atoms with Gasteiger partial charge in [-0.25, -0.2) is 0 Å². The van der Waals surface area contributed by atoms with E-state index in [2.05, 4.69) is 39.0 Å². The summed E-state index contributed by atoms with van der Waals surface area (Å²) < 4.78 is 0. The van der Waals surface area contributed by atoms with Gasteiger partial charge in [0, 0.05) is 0 Å². The molecule has 1 nitrogen and oxygen atoms in total. The highest BCUT2D eigenvalue weighted by Gasteiger charge is 2.38. The second-order valence-corrected chi connectivity index (χ2v) is 5.71. The number of hydrogen-bond acceptors (Lipinski definition) is 1. The van der Waals surface area contributed by atoms with Crippen LogP contribution in [0.1, 0.15) is 78.0 Å². The lowest BCUT2D eigenvalue weighted by atomic mass is 9.67. The third-order valence-corrected chi connectivity index (χ3v) is 3.72. The highest BCUT2D eigenvalue weighted by atomic mass is 16.3. The fourth-order valence-corrected chi connectivity index (χ4v) is 2.51. The van der Waals surface area contributed by atoms with Gasteiger partial charge in [0.1, 0.15) is 0 Å². The van der Waals surface area contributed by atoms with Crippen LogP contribution in [0.3, 0.4) is 0 Å². The maximum Gasteiger partial charge on any atom is 0.0871 e. The Morgan fingerprint density at radius 1 is 0.895 bits per heavy atom. The Balaban J connectivity index is 0.000000741. The molecule has 1 aromatic rings. The second-order valence-electron chi connectivity index (χ2n) is 5.71. The maximum atomic E-state index is 10.3. The minimum absolute atomic E-state index is 0.198. The van der Waals surface area contributed by atoms with E-state index in [4.69, 9.17) is 0 Å². The molecule has 0 bridgehead atoms. The molecule has 0 saturated heterocycles. The smallest absolute Gasteiger partial charge is 0.0871 e. The standard InChI is InChI=1S/C14H20O.2C2H6/c1-10-5-6-11-12(9-10)13(2,3)7-8-14(11,4)15;2*1-2/h5-6,9,15H,7-8H2,1-4H3;2*1-2H3. The molecule has 0 aliphatic heterocycles. The third-order valence-electron chi connectivity index (χ3n) is 3.72. The minimum atomic E-state index is -0.640. The summed E-state index contributed by atoms with van der Waals surface area (Å²) in [6.45, 7) is 16.6. The Hall–Kier alpha value is -0.820. The summed E-state index contributed by atoms with van der Waals surface area (Å²) in [6, 6.07) is 6.41. The Labute approximate surface area is 120 Å². The Morgan fingerprint density at radius 2 is 1.42 bits per heavy atom. The van der Waals surface area contributed by atoms with E-state index in [1.807, 2.05) is 34.6 Å². The van der Waals surface area contributed by atoms with Crippen LogP contribution in [-0.2, 0) is 11.0 Å². The second kappa shape index (κ2) is 7.09. The van der Waals surface area contributed by atoms with Crippen LogP contribution < -0.4 is 0 Å². The van der Waals surface area contributed by atoms with Crippen molar-refractivity contribution in [3.63, 3.8) is 0 Å². The largest absolute Gasteiger partial charge is 0.385 e. The first-order valence-corrected chi connectivity index (χ1v) is 7.67. The van der Waals surface area contributed by atoms with Gasteiger partial charge < -0.3 is 5.11 Å². The first kappa shape index (κ1) is 18.2. The lowest BCUT2D eigenvalue weighted by Crippen LogP contribution is -2.35. The first-order valence-electron chi connectivity index (χ1n) is 7.67. The molecule has 0 saturated carbocycles. The van der Waals surface area contributed by atoms with Crippen LogP contribution in [0.2, 0.25) is 0 Å². The van der Waals surface area contributed by atoms with Gasteiger partial charge in [-0.1, -0.05) is 65.3 Å². The van der Waals surface area contributed by atoms with Gasteiger partial charge in [-0.2, -0.15) is 0 Å². The van der Waals surface area contributed by atoms with Crippen molar-refractivity contribution in [2.75, 3.05) is 0 Å². The van der Waals surface area contributed by atoms with Crippen molar-refractivity contribution >= 4 is 0 Å². The lowest BCUT2D eigenvalue weighted by molar-refractivity contribution is 0.0277. The summed E-state index contributed by atoms with van der Waals surface area (Å²) in [4.78, 5) is 0. The van der Waals surface area contributed by atoms with E-state index in [1.165, 1.54) is 11.1 Å². The van der Waals surface area contributed by atoms with Crippen LogP contribution in [0, 0.1) is 6.92 Å². The summed E-state index contributed by atoms with van der Waals surface area (Å²) in [7, 11) is 0. The molecule has 1 aliphatic carbocycles. The average molecular weight is 264 g/mol. The van der Waals surface area contributed by atoms with Gasteiger partial charge in [0.25, 0.3) is 0 Å². The lowest BCUT2D eigenvalue weighted by Gasteiger charge is -2.40. The molecule has 1 aliphatic rings. The quantitative estimate of drug-likeness (QED) is 0.672. The SMILES string of the molecule is CC.CC.Cc1ccc2c(c1)C(C)(C)CCC2(C)O. The van der Waals surface area contributed by atoms with E-state index in [9.17, 15) is 5.11 Å². The molecule has 0 heterocycles. The van der Waals surface area contributed by atoms with Crippen molar-refractivity contribution in [2.45, 2.75) is 79.2 Å². The summed E-state index contributed by atoms with van der Waals surface area (Å²) >= 11 is 0. The van der Waals surface area contributed by atoms with E-state index >= 15 is 0 Å². The Morgan fingerprint density at radius 3 is 1.95 bits per heavy atom. The fourth-order valence-electron chi connectivity index (χ4n) is 2.51. The average Bonchev–Trinajstić information content (AvgIpc) is 2.40. The molecular weight excluding hydrogens is 232 g/mol. The number of benzene rings is 1. The van der Waals surface area contributed by atoms with Gasteiger partial charge in [-0.3, -0.25) is 0 Å². The monoisotopic (exact) mass is 264 g/mol. The van der Waals surface area contributed by atoms with E-state index in [0.717, 1.165) is 18.4 Å². The normalized spacial score (nSPS) is 23.2. The number of hydrogen-bond donors (Lipinski definition) is 1. The molecule has 0 aromatic heterocycles. The molecule has 1 N–H and O–H groups in total. The number of rotatable bonds is 0. The zero-order valence-electron chi connectivity index (χ0n) is 14.1. The van der Waals surface area contributed by atoms with E-state index in [-0.39, 0.29) is 5.41 Å². The van der Waals surface area contributed by atoms with Crippen molar-refractivity contribution < 1.29 is 5.11 Å². The third kappa shape index (κ3) is 4.07. The number of aliphatic hydroxyl groups is 1. The molecule has 2 rings (SSSR count). The molecule has 0 spiro atoms. The van der Waals surface area contributed by atoms with Gasteiger partial charge in [0.2, 0.25) is 0 Å². The van der Waals surface area contributed by atoms with Crippen molar-refractivity contribution in [3.8, 4) is 0 Å². The highest BCUT2D eigenvalue weighted by molar-refractivity contribution is 5.42. The highest BCUT2D eigenvalue weighted by Crippen LogP contribution is 2.44. The molecule has 1 aromatic carbocycles. The van der Waals surface area contributed by atoms with Crippen LogP contribution in [0.5, 0.6) is 0 Å². The molecule has 1 unspecified atom stereocenters. The van der Waals surface area contributed by atoms with Gasteiger partial charge in [-0.15, -0.1) is 0 Å². The zero-order valence-corrected chi connectivity index (χ0v) is 14.1. The van der Waals surface area contributed by atoms with Crippen LogP contribution in [-0.4, -0.2) is 5.11 Å². The van der Waals surface area contributed by atoms with Crippen LogP contribution >= 0.6 is 0 Å². The molecule has 1 atom stereocenters. The van der Waals surface area contributed by atoms with E-state index < -0.39 is 5.60 Å². The first-order chi connectivity index (χ1) is 8.83. The van der Waals surface area contributed by atoms with Gasteiger partial charge >= 0.3 is 0 Å². The molecule has 110 valence electrons. The van der Waals surface area contributed by atoms with Crippen molar-refractivity contribution in [1.82, 2.24) is 0 Å². The summed E-state index contributed by atoms with van der Waals surface area (Å²) in [5, 5.41) is 10.3. The summed E-state index contributed by atoms with van der Waals surface area (Å²) in [5.41, 5.74) is 3.27. The molecule has 1 heteroatoms. The number of aryl methyl sites for hydroxylation is 1. The topological polar surface area (TPSA) is 20.2 Å². The van der Waals surface area contributed by atoms with E-state index in [0.29, 0.717) is 0 Å². The Kier molecular flexibility index (Phi) is 6.79. The van der Waals surface area contributed by atoms with Crippen LogP contribution in [0.15, 0.2) is 18.2 Å². The zero-order chi connectivity index (χ0) is 15.3. The van der Waals surface area contributed by atoms with Gasteiger partial charge in [-0.05, 0) is 43.2 Å². The molecule has 0 amide bonds. The number of fused-ring (bicyclic) bond motifs is 1. The molecule has 0 radical (unpaired) electrons. The molecular formula is C18H32O. The summed E-state index contributed by atoms with van der Waals surface area (Å²) in [6.07, 6.45) is 1.91. The van der Waals surface area contributed by atoms with Gasteiger partial charge in [0.05, 0.1) is 5.60 Å². The van der Waals surface area contributed by atoms with E-state index in [1.54, 1.807) is 0 Å². The van der Waals surface area contributed by atoms with Crippen molar-refractivity contribution in [3.05, 3.63) is 34.9 Å². The molecule has 0 fully saturated rings. The van der Waals surface area contributed by atoms with Crippen LogP contribution in [0.4, 0.5) is 0 Å². The Bertz CT molecular complexity index is 389. The van der Waals surface area contributed by atoms with Crippen LogP contribution in [0.25, 0.3) is 0 Å². The van der Waals surface area contributed by atoms with Crippen molar-refractivity contribution in [1.29, 1.82) is 0 Å². The predicted octanol–water partition coefficient (Wildman–Crippen LogP) is 5.33. The minimum Gasteiger partial charge on any atom is -0.385 e. The van der Waals surface area contributed by atoms with Crippen molar-refractivity contribution in [2.24, 2.45) is 0 Å². The van der Waals surface area contributed by atoms with Gasteiger partial charge in [0.15, 0.2) is 0 Å². The fraction of sp³-hybridized carbons (Fsp3) is 0.667. The molecule has 19 heavy (non-hydrogen) atoms. The summed E-state index contributed by atoms with van der Waals surface area (Å²) in [5.74, 6) is 0.